The number of nitrogens with one attached hydrogen (secondary N) is 1. The molecule has 3 N–H and O–H groups in total. The van der Waals surface area contributed by atoms with Crippen molar-refractivity contribution in [3.05, 3.63) is 48.0 Å². The fourth-order valence-corrected chi connectivity index (χ4v) is 2.84. The molecule has 3 rings (SSSR count). The number of likely N-dealkylation sites (tertiary alicyclic amines) is 1. The Labute approximate surface area is 138 Å². The number of nitrogens with two attached hydrogens (primary N) is 1. The predicted molar refractivity (Wildman–Crippen MR) is 91.2 cm³/mol. The van der Waals surface area contributed by atoms with Gasteiger partial charge in [-0.3, -0.25) is 4.90 Å². The minimum absolute atomic E-state index is 0. The third-order valence-corrected chi connectivity index (χ3v) is 3.90. The van der Waals surface area contributed by atoms with Gasteiger partial charge in [-0.15, -0.1) is 24.8 Å². The number of hydrogen-bond acceptors (Lipinski definition) is 3. The minimum Gasteiger partial charge on any atom is -0.399 e. The fourth-order valence-electron chi connectivity index (χ4n) is 2.84. The number of anilines is 1. The molecule has 2 heterocycles. The summed E-state index contributed by atoms with van der Waals surface area (Å²) in [4.78, 5) is 9.85. The van der Waals surface area contributed by atoms with Crippen molar-refractivity contribution in [3.63, 3.8) is 0 Å². The second kappa shape index (κ2) is 8.27. The van der Waals surface area contributed by atoms with Gasteiger partial charge in [0, 0.05) is 30.0 Å². The average Bonchev–Trinajstić information content (AvgIpc) is 2.94. The summed E-state index contributed by atoms with van der Waals surface area (Å²) >= 11 is 0. The third kappa shape index (κ3) is 4.63. The second-order valence-electron chi connectivity index (χ2n) is 5.30. The molecule has 0 saturated carbocycles. The number of imidazole rings is 1. The van der Waals surface area contributed by atoms with Crippen LogP contribution in [0.25, 0.3) is 0 Å². The smallest absolute Gasteiger partial charge is 0.0921 e. The number of H-pyrrole nitrogens is 1. The molecule has 21 heavy (non-hydrogen) atoms. The lowest BCUT2D eigenvalue weighted by Gasteiger charge is -2.31. The van der Waals surface area contributed by atoms with E-state index in [9.17, 15) is 0 Å². The van der Waals surface area contributed by atoms with Crippen LogP contribution in [0.15, 0.2) is 36.8 Å². The molecule has 1 aliphatic rings. The Kier molecular flexibility index (Phi) is 7.02. The van der Waals surface area contributed by atoms with E-state index in [4.69, 9.17) is 5.73 Å². The van der Waals surface area contributed by atoms with Crippen LogP contribution in [0.3, 0.4) is 0 Å². The Morgan fingerprint density at radius 3 is 2.62 bits per heavy atom. The lowest BCUT2D eigenvalue weighted by molar-refractivity contribution is 0.203. The normalized spacial score (nSPS) is 16.0. The molecule has 0 spiro atoms. The molecule has 0 unspecified atom stereocenters. The Morgan fingerprint density at radius 2 is 2.00 bits per heavy atom. The van der Waals surface area contributed by atoms with Gasteiger partial charge in [-0.1, -0.05) is 12.1 Å². The van der Waals surface area contributed by atoms with Crippen LogP contribution in [-0.2, 0) is 6.54 Å². The van der Waals surface area contributed by atoms with Gasteiger partial charge in [0.25, 0.3) is 0 Å². The maximum absolute atomic E-state index is 5.82. The van der Waals surface area contributed by atoms with Gasteiger partial charge in [0.1, 0.15) is 0 Å². The Hall–Kier alpha value is -1.23. The molecule has 4 nitrogen and oxygen atoms in total. The zero-order valence-corrected chi connectivity index (χ0v) is 13.5. The standard InChI is InChI=1S/C15H20N4.2ClH/c16-14-3-1-2-12(8-14)10-19-6-4-13(5-7-19)15-9-17-11-18-15;;/h1-3,8-9,11,13H,4-7,10,16H2,(H,17,18);2*1H. The van der Waals surface area contributed by atoms with Crippen molar-refractivity contribution >= 4 is 30.5 Å². The van der Waals surface area contributed by atoms with Crippen molar-refractivity contribution in [1.82, 2.24) is 14.9 Å². The van der Waals surface area contributed by atoms with E-state index in [1.54, 1.807) is 6.33 Å². The van der Waals surface area contributed by atoms with Gasteiger partial charge in [0.15, 0.2) is 0 Å². The molecule has 0 radical (unpaired) electrons. The van der Waals surface area contributed by atoms with Gasteiger partial charge in [-0.25, -0.2) is 4.98 Å². The number of hydrogen-bond donors (Lipinski definition) is 2. The largest absolute Gasteiger partial charge is 0.399 e. The van der Waals surface area contributed by atoms with Gasteiger partial charge < -0.3 is 10.7 Å². The van der Waals surface area contributed by atoms with Gasteiger partial charge in [0.05, 0.1) is 6.33 Å². The van der Waals surface area contributed by atoms with Crippen molar-refractivity contribution < 1.29 is 0 Å². The average molecular weight is 329 g/mol. The first-order valence-electron chi connectivity index (χ1n) is 6.86. The van der Waals surface area contributed by atoms with Gasteiger partial charge in [-0.2, -0.15) is 0 Å². The summed E-state index contributed by atoms with van der Waals surface area (Å²) in [6, 6.07) is 8.19. The first kappa shape index (κ1) is 17.8. The number of aromatic nitrogens is 2. The lowest BCUT2D eigenvalue weighted by atomic mass is 9.94. The molecule has 1 aromatic heterocycles. The Morgan fingerprint density at radius 1 is 1.24 bits per heavy atom. The first-order chi connectivity index (χ1) is 9.31. The number of piperidine rings is 1. The summed E-state index contributed by atoms with van der Waals surface area (Å²) in [6.45, 7) is 3.28. The first-order valence-corrected chi connectivity index (χ1v) is 6.86. The molecular formula is C15H22Cl2N4. The van der Waals surface area contributed by atoms with E-state index in [0.717, 1.165) is 25.3 Å². The number of benzene rings is 1. The molecule has 0 amide bonds. The van der Waals surface area contributed by atoms with E-state index in [1.165, 1.54) is 24.1 Å². The van der Waals surface area contributed by atoms with E-state index >= 15 is 0 Å². The summed E-state index contributed by atoms with van der Waals surface area (Å²) in [5, 5.41) is 0. The van der Waals surface area contributed by atoms with Crippen molar-refractivity contribution in [2.45, 2.75) is 25.3 Å². The minimum atomic E-state index is 0. The predicted octanol–water partition coefficient (Wildman–Crippen LogP) is 3.22. The maximum atomic E-state index is 5.82. The van der Waals surface area contributed by atoms with E-state index < -0.39 is 0 Å². The van der Waals surface area contributed by atoms with Gasteiger partial charge >= 0.3 is 0 Å². The highest BCUT2D eigenvalue weighted by molar-refractivity contribution is 5.85. The summed E-state index contributed by atoms with van der Waals surface area (Å²) in [6.07, 6.45) is 6.13. The number of halogens is 2. The summed E-state index contributed by atoms with van der Waals surface area (Å²) in [5.74, 6) is 0.639. The van der Waals surface area contributed by atoms with Crippen LogP contribution < -0.4 is 5.73 Å². The molecule has 116 valence electrons. The van der Waals surface area contributed by atoms with Crippen molar-refractivity contribution in [1.29, 1.82) is 0 Å². The van der Waals surface area contributed by atoms with Crippen molar-refractivity contribution in [2.24, 2.45) is 0 Å². The lowest BCUT2D eigenvalue weighted by Crippen LogP contribution is -2.32. The number of aromatic amines is 1. The topological polar surface area (TPSA) is 57.9 Å². The fraction of sp³-hybridized carbons (Fsp3) is 0.400. The molecule has 1 saturated heterocycles. The molecule has 0 atom stereocenters. The monoisotopic (exact) mass is 328 g/mol. The highest BCUT2D eigenvalue weighted by atomic mass is 35.5. The third-order valence-electron chi connectivity index (χ3n) is 3.90. The second-order valence-corrected chi connectivity index (χ2v) is 5.30. The molecule has 0 aliphatic carbocycles. The van der Waals surface area contributed by atoms with Gasteiger partial charge in [-0.05, 0) is 43.6 Å². The molecular weight excluding hydrogens is 307 g/mol. The summed E-state index contributed by atoms with van der Waals surface area (Å²) in [7, 11) is 0. The van der Waals surface area contributed by atoms with Crippen LogP contribution in [-0.4, -0.2) is 28.0 Å². The van der Waals surface area contributed by atoms with E-state index in [1.807, 2.05) is 18.3 Å². The van der Waals surface area contributed by atoms with E-state index in [-0.39, 0.29) is 24.8 Å². The van der Waals surface area contributed by atoms with Crippen LogP contribution in [0, 0.1) is 0 Å². The van der Waals surface area contributed by atoms with Crippen LogP contribution in [0.1, 0.15) is 30.0 Å². The van der Waals surface area contributed by atoms with Crippen molar-refractivity contribution in [2.75, 3.05) is 18.8 Å². The van der Waals surface area contributed by atoms with Crippen LogP contribution in [0.4, 0.5) is 5.69 Å². The zero-order valence-electron chi connectivity index (χ0n) is 11.9. The molecule has 0 bridgehead atoms. The van der Waals surface area contributed by atoms with Crippen LogP contribution >= 0.6 is 24.8 Å². The SMILES string of the molecule is Cl.Cl.Nc1cccc(CN2CCC(c3cnc[nH]3)CC2)c1. The van der Waals surface area contributed by atoms with Gasteiger partial charge in [0.2, 0.25) is 0 Å². The number of nitrogens with zero attached hydrogens (tertiary/aromatic N) is 2. The summed E-state index contributed by atoms with van der Waals surface area (Å²) < 4.78 is 0. The van der Waals surface area contributed by atoms with Crippen molar-refractivity contribution in [3.8, 4) is 0 Å². The highest BCUT2D eigenvalue weighted by Gasteiger charge is 2.21. The Balaban J connectivity index is 0.00000110. The molecule has 2 aromatic rings. The number of nitrogen functional groups attached to an aromatic ring is 1. The Bertz CT molecular complexity index is 522. The maximum Gasteiger partial charge on any atom is 0.0921 e. The molecule has 1 aliphatic heterocycles. The number of rotatable bonds is 3. The molecule has 1 aromatic carbocycles. The summed E-state index contributed by atoms with van der Waals surface area (Å²) in [5.41, 5.74) is 9.26. The quantitative estimate of drug-likeness (QED) is 0.850. The van der Waals surface area contributed by atoms with E-state index in [0.29, 0.717) is 5.92 Å². The molecule has 6 heteroatoms. The van der Waals surface area contributed by atoms with E-state index in [2.05, 4.69) is 27.0 Å². The highest BCUT2D eigenvalue weighted by Crippen LogP contribution is 2.27. The van der Waals surface area contributed by atoms with Crippen LogP contribution in [0.5, 0.6) is 0 Å². The molecule has 1 fully saturated rings. The zero-order chi connectivity index (χ0) is 13.1. The van der Waals surface area contributed by atoms with Crippen LogP contribution in [0.2, 0.25) is 0 Å².